The third-order valence-corrected chi connectivity index (χ3v) is 11.3. The average molecular weight is 644 g/mol. The number of aromatic nitrogens is 5. The molecule has 3 heterocycles. The van der Waals surface area contributed by atoms with Crippen molar-refractivity contribution in [3.8, 4) is 11.1 Å². The summed E-state index contributed by atoms with van der Waals surface area (Å²) in [5.74, 6) is 0. The van der Waals surface area contributed by atoms with E-state index in [-0.39, 0.29) is 28.3 Å². The highest BCUT2D eigenvalue weighted by atomic mass is 32.2. The molecule has 0 saturated heterocycles. The van der Waals surface area contributed by atoms with Gasteiger partial charge in [-0.3, -0.25) is 13.4 Å². The largest absolute Gasteiger partial charge is 0.344 e. The lowest BCUT2D eigenvalue weighted by molar-refractivity contribution is 0.0768. The Labute approximate surface area is 259 Å². The van der Waals surface area contributed by atoms with Gasteiger partial charge in [-0.2, -0.15) is 17.5 Å². The van der Waals surface area contributed by atoms with Crippen LogP contribution in [0.1, 0.15) is 30.0 Å². The third kappa shape index (κ3) is 4.96. The van der Waals surface area contributed by atoms with E-state index in [9.17, 15) is 21.6 Å². The molecule has 1 aliphatic carbocycles. The van der Waals surface area contributed by atoms with E-state index in [2.05, 4.69) is 10.1 Å². The number of aryl methyl sites for hydroxylation is 3. The van der Waals surface area contributed by atoms with E-state index in [1.165, 1.54) is 28.8 Å². The Kier molecular flexibility index (Phi) is 6.80. The lowest BCUT2D eigenvalue weighted by Gasteiger charge is -2.35. The van der Waals surface area contributed by atoms with E-state index in [0.29, 0.717) is 16.3 Å². The number of imidazole rings is 1. The predicted molar refractivity (Wildman–Crippen MR) is 169 cm³/mol. The van der Waals surface area contributed by atoms with Crippen LogP contribution in [0.5, 0.6) is 0 Å². The molecule has 0 amide bonds. The summed E-state index contributed by atoms with van der Waals surface area (Å²) < 4.78 is 63.2. The molecule has 1 fully saturated rings. The normalized spacial score (nSPS) is 17.1. The Balaban J connectivity index is 1.36. The van der Waals surface area contributed by atoms with Gasteiger partial charge in [0.2, 0.25) is 0 Å². The molecular formula is C32H29N5O6S2. The fourth-order valence-electron chi connectivity index (χ4n) is 5.74. The van der Waals surface area contributed by atoms with Gasteiger partial charge in [-0.25, -0.2) is 18.2 Å². The smallest absolute Gasteiger partial charge is 0.286 e. The van der Waals surface area contributed by atoms with Crippen LogP contribution in [0.15, 0.2) is 99.9 Å². The van der Waals surface area contributed by atoms with Crippen LogP contribution in [0.3, 0.4) is 0 Å². The maximum atomic E-state index is 14.2. The second-order valence-electron chi connectivity index (χ2n) is 11.5. The summed E-state index contributed by atoms with van der Waals surface area (Å²) in [4.78, 5) is 18.7. The Hall–Kier alpha value is -4.59. The molecule has 1 saturated carbocycles. The minimum atomic E-state index is -4.34. The molecule has 11 nitrogen and oxygen atoms in total. The lowest BCUT2D eigenvalue weighted by atomic mass is 9.89. The minimum absolute atomic E-state index is 0.00643. The minimum Gasteiger partial charge on any atom is -0.286 e. The number of pyridine rings is 1. The first-order valence-corrected chi connectivity index (χ1v) is 17.1. The monoisotopic (exact) mass is 643 g/mol. The zero-order valence-corrected chi connectivity index (χ0v) is 26.3. The molecule has 3 aromatic carbocycles. The van der Waals surface area contributed by atoms with Crippen LogP contribution in [0.4, 0.5) is 0 Å². The molecular weight excluding hydrogens is 615 g/mol. The molecule has 0 atom stereocenters. The molecule has 0 radical (unpaired) electrons. The van der Waals surface area contributed by atoms with Crippen LogP contribution in [-0.4, -0.2) is 46.2 Å². The van der Waals surface area contributed by atoms with Crippen molar-refractivity contribution in [3.63, 3.8) is 0 Å². The first-order chi connectivity index (χ1) is 21.4. The van der Waals surface area contributed by atoms with Gasteiger partial charge >= 0.3 is 5.69 Å². The Morgan fingerprint density at radius 3 is 2.09 bits per heavy atom. The van der Waals surface area contributed by atoms with Crippen molar-refractivity contribution in [2.24, 2.45) is 7.05 Å². The first kappa shape index (κ1) is 29.1. The van der Waals surface area contributed by atoms with Gasteiger partial charge in [0.05, 0.1) is 27.6 Å². The number of hydrogen-bond donors (Lipinski definition) is 0. The highest BCUT2D eigenvalue weighted by molar-refractivity contribution is 7.90. The molecule has 0 unspecified atom stereocenters. The van der Waals surface area contributed by atoms with Crippen LogP contribution in [0.25, 0.3) is 33.1 Å². The zero-order chi connectivity index (χ0) is 31.7. The summed E-state index contributed by atoms with van der Waals surface area (Å²) in [6.45, 7) is 3.70. The molecule has 6 aromatic rings. The van der Waals surface area contributed by atoms with Crippen molar-refractivity contribution in [1.82, 2.24) is 23.3 Å². The summed E-state index contributed by atoms with van der Waals surface area (Å²) in [6.07, 6.45) is 4.83. The first-order valence-electron chi connectivity index (χ1n) is 14.3. The van der Waals surface area contributed by atoms with E-state index in [1.54, 1.807) is 41.3 Å². The number of fused-ring (bicyclic) bond motifs is 3. The summed E-state index contributed by atoms with van der Waals surface area (Å²) in [7, 11) is -6.56. The second-order valence-corrected chi connectivity index (χ2v) is 14.8. The number of hydrogen-bond acceptors (Lipinski definition) is 8. The van der Waals surface area contributed by atoms with Gasteiger partial charge < -0.3 is 0 Å². The van der Waals surface area contributed by atoms with Crippen molar-refractivity contribution in [3.05, 3.63) is 107 Å². The van der Waals surface area contributed by atoms with Crippen molar-refractivity contribution in [1.29, 1.82) is 0 Å². The molecule has 1 aliphatic rings. The van der Waals surface area contributed by atoms with Crippen LogP contribution >= 0.6 is 0 Å². The highest BCUT2D eigenvalue weighted by Crippen LogP contribution is 2.39. The van der Waals surface area contributed by atoms with Gasteiger partial charge in [0, 0.05) is 41.8 Å². The van der Waals surface area contributed by atoms with E-state index < -0.39 is 38.0 Å². The predicted octanol–water partition coefficient (Wildman–Crippen LogP) is 4.71. The van der Waals surface area contributed by atoms with Gasteiger partial charge in [-0.15, -0.1) is 0 Å². The fourth-order valence-corrected chi connectivity index (χ4v) is 8.19. The van der Waals surface area contributed by atoms with E-state index in [1.807, 2.05) is 45.3 Å². The quantitative estimate of drug-likeness (QED) is 0.228. The summed E-state index contributed by atoms with van der Waals surface area (Å²) in [5, 5.41) is 5.60. The van der Waals surface area contributed by atoms with Crippen molar-refractivity contribution >= 4 is 42.1 Å². The van der Waals surface area contributed by atoms with Crippen LogP contribution < -0.4 is 5.69 Å². The maximum absolute atomic E-state index is 14.2. The summed E-state index contributed by atoms with van der Waals surface area (Å²) in [6, 6.07) is 17.8. The standard InChI is InChI=1S/C32H29N5O6S2/c1-20-4-10-27(11-5-20)44(39,40)37-31-30(29-14-22(8-9-23(29)17-33-31)24-18-34-35(3)19-24)36(32(37)38)25-15-26(16-25)43-45(41,42)28-12-6-21(2)7-13-28/h4-14,17-19,25-26H,15-16H2,1-3H3. The molecule has 0 N–H and O–H groups in total. The molecule has 0 aliphatic heterocycles. The number of nitrogens with zero attached hydrogens (tertiary/aromatic N) is 5. The van der Waals surface area contributed by atoms with E-state index in [0.717, 1.165) is 26.2 Å². The van der Waals surface area contributed by atoms with E-state index >= 15 is 0 Å². The topological polar surface area (TPSA) is 135 Å². The SMILES string of the molecule is Cc1ccc(S(=O)(=O)OC2CC(n3c(=O)n(S(=O)(=O)c4ccc(C)cc4)c4ncc5ccc(-c6cnn(C)c6)cc5c43)C2)cc1. The van der Waals surface area contributed by atoms with Crippen molar-refractivity contribution in [2.75, 3.05) is 0 Å². The molecule has 0 bridgehead atoms. The number of rotatable bonds is 7. The van der Waals surface area contributed by atoms with Gasteiger partial charge in [-0.05, 0) is 62.6 Å². The second kappa shape index (κ2) is 10.5. The molecule has 3 aromatic heterocycles. The van der Waals surface area contributed by atoms with Gasteiger partial charge in [-0.1, -0.05) is 47.5 Å². The van der Waals surface area contributed by atoms with Crippen molar-refractivity contribution in [2.45, 2.75) is 48.6 Å². The Morgan fingerprint density at radius 2 is 1.47 bits per heavy atom. The van der Waals surface area contributed by atoms with Gasteiger partial charge in [0.1, 0.15) is 0 Å². The maximum Gasteiger partial charge on any atom is 0.344 e. The Bertz CT molecular complexity index is 2390. The lowest BCUT2D eigenvalue weighted by Crippen LogP contribution is -2.40. The molecule has 13 heteroatoms. The zero-order valence-electron chi connectivity index (χ0n) is 24.7. The van der Waals surface area contributed by atoms with E-state index in [4.69, 9.17) is 4.18 Å². The van der Waals surface area contributed by atoms with Crippen molar-refractivity contribution < 1.29 is 21.0 Å². The number of benzene rings is 3. The van der Waals surface area contributed by atoms with Crippen LogP contribution in [-0.2, 0) is 31.4 Å². The molecule has 45 heavy (non-hydrogen) atoms. The third-order valence-electron chi connectivity index (χ3n) is 8.26. The molecule has 0 spiro atoms. The average Bonchev–Trinajstić information content (AvgIpc) is 3.55. The van der Waals surface area contributed by atoms with Gasteiger partial charge in [0.25, 0.3) is 20.1 Å². The van der Waals surface area contributed by atoms with Crippen LogP contribution in [0, 0.1) is 13.8 Å². The summed E-state index contributed by atoms with van der Waals surface area (Å²) in [5.41, 5.74) is 3.04. The van der Waals surface area contributed by atoms with Crippen LogP contribution in [0.2, 0.25) is 0 Å². The van der Waals surface area contributed by atoms with Gasteiger partial charge in [0.15, 0.2) is 5.65 Å². The summed E-state index contributed by atoms with van der Waals surface area (Å²) >= 11 is 0. The Morgan fingerprint density at radius 1 is 0.822 bits per heavy atom. The highest BCUT2D eigenvalue weighted by Gasteiger charge is 2.39. The molecule has 230 valence electrons. The fraction of sp³-hybridized carbons (Fsp3) is 0.219. The molecule has 7 rings (SSSR count).